The molecule has 5 heteroatoms. The second kappa shape index (κ2) is 5.93. The van der Waals surface area contributed by atoms with Crippen molar-refractivity contribution in [2.75, 3.05) is 0 Å². The van der Waals surface area contributed by atoms with Gasteiger partial charge in [-0.25, -0.2) is 4.98 Å². The van der Waals surface area contributed by atoms with Gasteiger partial charge in [-0.3, -0.25) is 4.79 Å². The van der Waals surface area contributed by atoms with Gasteiger partial charge >= 0.3 is 0 Å². The van der Waals surface area contributed by atoms with Gasteiger partial charge in [-0.15, -0.1) is 11.3 Å². The number of thiazole rings is 1. The van der Waals surface area contributed by atoms with Crippen molar-refractivity contribution in [3.05, 3.63) is 16.1 Å². The fourth-order valence-electron chi connectivity index (χ4n) is 4.28. The lowest BCUT2D eigenvalue weighted by Crippen LogP contribution is -2.49. The lowest BCUT2D eigenvalue weighted by Gasteiger charge is -2.43. The molecule has 120 valence electrons. The van der Waals surface area contributed by atoms with Crippen molar-refractivity contribution in [3.63, 3.8) is 0 Å². The van der Waals surface area contributed by atoms with E-state index >= 15 is 0 Å². The van der Waals surface area contributed by atoms with Crippen LogP contribution in [-0.4, -0.2) is 16.9 Å². The highest BCUT2D eigenvalue weighted by Crippen LogP contribution is 2.42. The van der Waals surface area contributed by atoms with E-state index < -0.39 is 0 Å². The fraction of sp³-hybridized carbons (Fsp3) is 0.765. The molecule has 4 rings (SSSR count). The summed E-state index contributed by atoms with van der Waals surface area (Å²) in [4.78, 5) is 17.1. The van der Waals surface area contributed by atoms with Gasteiger partial charge in [0.05, 0.1) is 12.2 Å². The first-order valence-electron chi connectivity index (χ1n) is 8.68. The molecule has 3 fully saturated rings. The third-order valence-electron chi connectivity index (χ3n) is 5.76. The Balaban J connectivity index is 1.32. The van der Waals surface area contributed by atoms with E-state index in [0.717, 1.165) is 17.8 Å². The minimum Gasteiger partial charge on any atom is -0.349 e. The number of amides is 1. The van der Waals surface area contributed by atoms with Gasteiger partial charge < -0.3 is 11.1 Å². The number of hydrogen-bond acceptors (Lipinski definition) is 4. The number of aromatic nitrogens is 1. The summed E-state index contributed by atoms with van der Waals surface area (Å²) in [5.41, 5.74) is 7.54. The molecule has 3 N–H and O–H groups in total. The van der Waals surface area contributed by atoms with Gasteiger partial charge in [-0.1, -0.05) is 6.42 Å². The molecule has 3 saturated carbocycles. The molecule has 0 radical (unpaired) electrons. The highest BCUT2D eigenvalue weighted by atomic mass is 32.1. The monoisotopic (exact) mass is 319 g/mol. The van der Waals surface area contributed by atoms with Crippen molar-refractivity contribution in [3.8, 4) is 0 Å². The van der Waals surface area contributed by atoms with Crippen LogP contribution in [0.2, 0.25) is 0 Å². The number of nitrogens with one attached hydrogen (secondary N) is 1. The van der Waals surface area contributed by atoms with E-state index in [2.05, 4.69) is 15.7 Å². The summed E-state index contributed by atoms with van der Waals surface area (Å²) in [6.45, 7) is 0.591. The number of nitrogens with zero attached hydrogens (tertiary/aromatic N) is 1. The smallest absolute Gasteiger partial charge is 0.223 e. The van der Waals surface area contributed by atoms with E-state index in [-0.39, 0.29) is 11.8 Å². The van der Waals surface area contributed by atoms with Crippen molar-refractivity contribution in [1.82, 2.24) is 10.3 Å². The number of carbonyl (C=O) groups is 1. The molecule has 3 aliphatic rings. The van der Waals surface area contributed by atoms with Crippen molar-refractivity contribution >= 4 is 17.2 Å². The second-order valence-corrected chi connectivity index (χ2v) is 8.30. The van der Waals surface area contributed by atoms with Gasteiger partial charge in [-0.05, 0) is 50.4 Å². The van der Waals surface area contributed by atoms with Gasteiger partial charge in [0.15, 0.2) is 0 Å². The zero-order valence-electron chi connectivity index (χ0n) is 13.0. The Morgan fingerprint density at radius 2 is 2.00 bits per heavy atom. The van der Waals surface area contributed by atoms with E-state index in [1.807, 2.05) is 0 Å². The van der Waals surface area contributed by atoms with E-state index in [1.165, 1.54) is 37.8 Å². The molecule has 3 aliphatic carbocycles. The molecule has 0 spiro atoms. The van der Waals surface area contributed by atoms with Crippen LogP contribution in [0.4, 0.5) is 0 Å². The first-order valence-corrected chi connectivity index (χ1v) is 9.56. The molecule has 4 nitrogen and oxygen atoms in total. The number of rotatable bonds is 4. The Bertz CT molecular complexity index is 540. The highest BCUT2D eigenvalue weighted by molar-refractivity contribution is 7.09. The van der Waals surface area contributed by atoms with Crippen LogP contribution in [0, 0.1) is 17.8 Å². The Labute approximate surface area is 135 Å². The maximum absolute atomic E-state index is 12.5. The maximum Gasteiger partial charge on any atom is 0.223 e. The predicted octanol–water partition coefficient (Wildman–Crippen LogP) is 2.79. The summed E-state index contributed by atoms with van der Waals surface area (Å²) in [6, 6.07) is 0.331. The van der Waals surface area contributed by atoms with Crippen LogP contribution in [-0.2, 0) is 11.3 Å². The zero-order chi connectivity index (χ0) is 15.1. The normalized spacial score (nSPS) is 34.4. The third-order valence-corrected chi connectivity index (χ3v) is 6.63. The quantitative estimate of drug-likeness (QED) is 0.896. The molecule has 22 heavy (non-hydrogen) atoms. The second-order valence-electron chi connectivity index (χ2n) is 7.35. The Morgan fingerprint density at radius 3 is 2.68 bits per heavy atom. The summed E-state index contributed by atoms with van der Waals surface area (Å²) in [5, 5.41) is 6.31. The van der Waals surface area contributed by atoms with Gasteiger partial charge in [0.1, 0.15) is 5.01 Å². The highest BCUT2D eigenvalue weighted by Gasteiger charge is 2.40. The van der Waals surface area contributed by atoms with Crippen LogP contribution >= 0.6 is 11.3 Å². The molecule has 1 amide bonds. The predicted molar refractivity (Wildman–Crippen MR) is 87.5 cm³/mol. The first-order chi connectivity index (χ1) is 10.7. The van der Waals surface area contributed by atoms with E-state index in [9.17, 15) is 4.79 Å². The Kier molecular flexibility index (Phi) is 3.95. The summed E-state index contributed by atoms with van der Waals surface area (Å²) in [5.74, 6) is 2.19. The van der Waals surface area contributed by atoms with Gasteiger partial charge in [0.2, 0.25) is 5.91 Å². The van der Waals surface area contributed by atoms with E-state index in [0.29, 0.717) is 30.3 Å². The molecular formula is C17H25N3OS. The molecular weight excluding hydrogens is 294 g/mol. The van der Waals surface area contributed by atoms with Gasteiger partial charge in [-0.2, -0.15) is 0 Å². The fourth-order valence-corrected chi connectivity index (χ4v) is 5.10. The zero-order valence-corrected chi connectivity index (χ0v) is 13.8. The largest absolute Gasteiger partial charge is 0.349 e. The molecule has 0 aromatic carbocycles. The topological polar surface area (TPSA) is 68.0 Å². The molecule has 1 heterocycles. The lowest BCUT2D eigenvalue weighted by atomic mass is 9.65. The minimum absolute atomic E-state index is 0.165. The third kappa shape index (κ3) is 2.93. The number of fused-ring (bicyclic) bond motifs is 2. The van der Waals surface area contributed by atoms with Crippen LogP contribution in [0.3, 0.4) is 0 Å². The molecule has 2 unspecified atom stereocenters. The van der Waals surface area contributed by atoms with E-state index in [4.69, 9.17) is 5.73 Å². The molecule has 1 aromatic heterocycles. The molecule has 0 saturated heterocycles. The summed E-state index contributed by atoms with van der Waals surface area (Å²) in [7, 11) is 0. The standard InChI is InChI=1S/C17H25N3OS/c18-16-11-2-1-3-12(16)7-13(6-11)17(21)19-8-15-20-14(9-22-15)10-4-5-10/h9-13,16H,1-8,18H2,(H,19,21). The van der Waals surface area contributed by atoms with Crippen LogP contribution in [0.1, 0.15) is 61.6 Å². The summed E-state index contributed by atoms with van der Waals surface area (Å²) in [6.07, 6.45) is 8.22. The van der Waals surface area contributed by atoms with Gasteiger partial charge in [0, 0.05) is 23.3 Å². The van der Waals surface area contributed by atoms with E-state index in [1.54, 1.807) is 11.3 Å². The summed E-state index contributed by atoms with van der Waals surface area (Å²) < 4.78 is 0. The first kappa shape index (κ1) is 14.6. The summed E-state index contributed by atoms with van der Waals surface area (Å²) >= 11 is 1.68. The average molecular weight is 319 g/mol. The molecule has 0 aliphatic heterocycles. The van der Waals surface area contributed by atoms with Crippen LogP contribution in [0.5, 0.6) is 0 Å². The van der Waals surface area contributed by atoms with Crippen molar-refractivity contribution in [2.24, 2.45) is 23.5 Å². The lowest BCUT2D eigenvalue weighted by molar-refractivity contribution is -0.128. The number of nitrogens with two attached hydrogens (primary N) is 1. The maximum atomic E-state index is 12.5. The number of hydrogen-bond donors (Lipinski definition) is 2. The SMILES string of the molecule is NC1C2CCCC1CC(C(=O)NCc1nc(C3CC3)cs1)C2. The van der Waals surface area contributed by atoms with Crippen molar-refractivity contribution in [1.29, 1.82) is 0 Å². The van der Waals surface area contributed by atoms with Crippen LogP contribution < -0.4 is 11.1 Å². The minimum atomic E-state index is 0.165. The molecule has 2 atom stereocenters. The number of carbonyl (C=O) groups excluding carboxylic acids is 1. The molecule has 1 aromatic rings. The van der Waals surface area contributed by atoms with Crippen LogP contribution in [0.25, 0.3) is 0 Å². The van der Waals surface area contributed by atoms with Gasteiger partial charge in [0.25, 0.3) is 0 Å². The van der Waals surface area contributed by atoms with Crippen molar-refractivity contribution in [2.45, 2.75) is 63.5 Å². The Hall–Kier alpha value is -0.940. The van der Waals surface area contributed by atoms with Crippen molar-refractivity contribution < 1.29 is 4.79 Å². The van der Waals surface area contributed by atoms with Crippen LogP contribution in [0.15, 0.2) is 5.38 Å². The average Bonchev–Trinajstić information content (AvgIpc) is 3.23. The Morgan fingerprint density at radius 1 is 1.27 bits per heavy atom. The molecule has 2 bridgehead atoms.